The number of carbonyl (C=O) groups is 3. The van der Waals surface area contributed by atoms with E-state index >= 15 is 0 Å². The minimum Gasteiger partial charge on any atom is -0.370 e. The fourth-order valence-corrected chi connectivity index (χ4v) is 3.06. The highest BCUT2D eigenvalue weighted by molar-refractivity contribution is 6.04. The average Bonchev–Trinajstić information content (AvgIpc) is 3.16. The molecule has 0 radical (unpaired) electrons. The molecule has 1 unspecified atom stereocenters. The van der Waals surface area contributed by atoms with Gasteiger partial charge in [-0.2, -0.15) is 0 Å². The van der Waals surface area contributed by atoms with Gasteiger partial charge in [0, 0.05) is 24.2 Å². The Kier molecular flexibility index (Phi) is 6.63. The number of benzene rings is 2. The number of carbonyl (C=O) groups excluding carboxylic acids is 3. The van der Waals surface area contributed by atoms with E-state index in [1.807, 2.05) is 12.1 Å². The van der Waals surface area contributed by atoms with Crippen LogP contribution in [0.4, 0.5) is 11.4 Å². The van der Waals surface area contributed by atoms with E-state index in [0.29, 0.717) is 42.7 Å². The molecule has 30 heavy (non-hydrogen) atoms. The normalized spacial score (nSPS) is 15.2. The van der Waals surface area contributed by atoms with Crippen molar-refractivity contribution >= 4 is 35.1 Å². The number of nitrogens with two attached hydrogens (primary N) is 2. The molecule has 156 valence electrons. The Labute approximate surface area is 173 Å². The first-order valence-electron chi connectivity index (χ1n) is 9.58. The number of hydrogen-bond acceptors (Lipinski definition) is 4. The zero-order valence-corrected chi connectivity index (χ0v) is 16.4. The van der Waals surface area contributed by atoms with Gasteiger partial charge in [0.15, 0.2) is 5.96 Å². The summed E-state index contributed by atoms with van der Waals surface area (Å²) in [7, 11) is 0. The summed E-state index contributed by atoms with van der Waals surface area (Å²) in [5, 5.41) is 8.30. The van der Waals surface area contributed by atoms with E-state index in [1.165, 1.54) is 0 Å². The van der Waals surface area contributed by atoms with Crippen LogP contribution in [0.5, 0.6) is 0 Å². The van der Waals surface area contributed by atoms with Crippen molar-refractivity contribution in [3.63, 3.8) is 0 Å². The summed E-state index contributed by atoms with van der Waals surface area (Å²) in [5.41, 5.74) is 13.4. The standard InChI is InChI=1S/C21H24N6O3/c22-21(23)26-16-7-3-14(4-8-16)19(29)25-15-5-1-13(2-6-15)11-12-24-20(30)17-9-10-18(28)27-17/h1-8,17H,9-12H2,(H,24,30)(H,25,29)(H,27,28)(H4,22,23,26). The lowest BCUT2D eigenvalue weighted by Gasteiger charge is -2.11. The van der Waals surface area contributed by atoms with E-state index in [-0.39, 0.29) is 23.7 Å². The summed E-state index contributed by atoms with van der Waals surface area (Å²) < 4.78 is 0. The van der Waals surface area contributed by atoms with Crippen LogP contribution >= 0.6 is 0 Å². The quantitative estimate of drug-likeness (QED) is 0.339. The Morgan fingerprint density at radius 2 is 1.77 bits per heavy atom. The van der Waals surface area contributed by atoms with Gasteiger partial charge in [-0.25, -0.2) is 4.99 Å². The van der Waals surface area contributed by atoms with Gasteiger partial charge in [-0.15, -0.1) is 0 Å². The van der Waals surface area contributed by atoms with Crippen LogP contribution in [0.25, 0.3) is 0 Å². The molecule has 3 rings (SSSR count). The number of hydrogen-bond donors (Lipinski definition) is 5. The molecule has 0 bridgehead atoms. The zero-order chi connectivity index (χ0) is 21.5. The molecule has 1 atom stereocenters. The molecule has 7 N–H and O–H groups in total. The van der Waals surface area contributed by atoms with E-state index in [1.54, 1.807) is 36.4 Å². The smallest absolute Gasteiger partial charge is 0.255 e. The highest BCUT2D eigenvalue weighted by atomic mass is 16.2. The molecule has 1 heterocycles. The molecule has 1 saturated heterocycles. The predicted molar refractivity (Wildman–Crippen MR) is 114 cm³/mol. The third kappa shape index (κ3) is 5.81. The molecule has 3 amide bonds. The predicted octanol–water partition coefficient (Wildman–Crippen LogP) is 0.781. The van der Waals surface area contributed by atoms with Crippen molar-refractivity contribution in [3.8, 4) is 0 Å². The second-order valence-electron chi connectivity index (χ2n) is 6.93. The summed E-state index contributed by atoms with van der Waals surface area (Å²) in [6.45, 7) is 0.471. The Hall–Kier alpha value is -3.88. The highest BCUT2D eigenvalue weighted by Gasteiger charge is 2.26. The number of aliphatic imine (C=N–C) groups is 1. The highest BCUT2D eigenvalue weighted by Crippen LogP contribution is 2.15. The third-order valence-corrected chi connectivity index (χ3v) is 4.62. The number of rotatable bonds is 7. The summed E-state index contributed by atoms with van der Waals surface area (Å²) in [4.78, 5) is 39.4. The molecular formula is C21H24N6O3. The van der Waals surface area contributed by atoms with Gasteiger partial charge in [-0.1, -0.05) is 12.1 Å². The van der Waals surface area contributed by atoms with Gasteiger partial charge in [0.05, 0.1) is 5.69 Å². The van der Waals surface area contributed by atoms with E-state index < -0.39 is 6.04 Å². The monoisotopic (exact) mass is 408 g/mol. The minimum absolute atomic E-state index is 0.0443. The zero-order valence-electron chi connectivity index (χ0n) is 16.4. The van der Waals surface area contributed by atoms with E-state index in [9.17, 15) is 14.4 Å². The maximum atomic E-state index is 12.4. The fourth-order valence-electron chi connectivity index (χ4n) is 3.06. The Morgan fingerprint density at radius 3 is 2.37 bits per heavy atom. The largest absolute Gasteiger partial charge is 0.370 e. The SMILES string of the molecule is NC(N)=Nc1ccc(C(=O)Nc2ccc(CCNC(=O)C3CCC(=O)N3)cc2)cc1. The molecule has 0 aliphatic carbocycles. The molecule has 0 saturated carbocycles. The molecule has 2 aromatic carbocycles. The van der Waals surface area contributed by atoms with Gasteiger partial charge in [0.2, 0.25) is 11.8 Å². The first kappa shape index (κ1) is 20.8. The van der Waals surface area contributed by atoms with Crippen LogP contribution in [0.1, 0.15) is 28.8 Å². The van der Waals surface area contributed by atoms with Crippen molar-refractivity contribution in [2.24, 2.45) is 16.5 Å². The molecule has 1 aliphatic rings. The van der Waals surface area contributed by atoms with Gasteiger partial charge >= 0.3 is 0 Å². The number of nitrogens with one attached hydrogen (secondary N) is 3. The van der Waals surface area contributed by atoms with Crippen LogP contribution in [-0.2, 0) is 16.0 Å². The van der Waals surface area contributed by atoms with E-state index in [0.717, 1.165) is 5.56 Å². The lowest BCUT2D eigenvalue weighted by Crippen LogP contribution is -2.42. The third-order valence-electron chi connectivity index (χ3n) is 4.62. The van der Waals surface area contributed by atoms with Crippen LogP contribution in [0.15, 0.2) is 53.5 Å². The van der Waals surface area contributed by atoms with Crippen molar-refractivity contribution in [1.82, 2.24) is 10.6 Å². The second-order valence-corrected chi connectivity index (χ2v) is 6.93. The lowest BCUT2D eigenvalue weighted by atomic mass is 10.1. The van der Waals surface area contributed by atoms with Crippen LogP contribution in [-0.4, -0.2) is 36.3 Å². The van der Waals surface area contributed by atoms with Crippen molar-refractivity contribution in [1.29, 1.82) is 0 Å². The molecule has 0 spiro atoms. The molecule has 2 aromatic rings. The summed E-state index contributed by atoms with van der Waals surface area (Å²) in [6.07, 6.45) is 1.58. The van der Waals surface area contributed by atoms with Crippen molar-refractivity contribution in [2.75, 3.05) is 11.9 Å². The lowest BCUT2D eigenvalue weighted by molar-refractivity contribution is -0.125. The summed E-state index contributed by atoms with van der Waals surface area (Å²) >= 11 is 0. The average molecular weight is 408 g/mol. The summed E-state index contributed by atoms with van der Waals surface area (Å²) in [6, 6.07) is 13.6. The van der Waals surface area contributed by atoms with Crippen LogP contribution < -0.4 is 27.4 Å². The fraction of sp³-hybridized carbons (Fsp3) is 0.238. The van der Waals surface area contributed by atoms with Crippen LogP contribution in [0, 0.1) is 0 Å². The molecule has 1 aliphatic heterocycles. The van der Waals surface area contributed by atoms with Crippen LogP contribution in [0.2, 0.25) is 0 Å². The number of nitrogens with zero attached hydrogens (tertiary/aromatic N) is 1. The number of guanidine groups is 1. The Balaban J connectivity index is 1.47. The van der Waals surface area contributed by atoms with Gasteiger partial charge in [0.1, 0.15) is 6.04 Å². The van der Waals surface area contributed by atoms with Crippen molar-refractivity contribution in [3.05, 3.63) is 59.7 Å². The number of amides is 3. The molecule has 1 fully saturated rings. The maximum absolute atomic E-state index is 12.4. The van der Waals surface area contributed by atoms with Crippen LogP contribution in [0.3, 0.4) is 0 Å². The van der Waals surface area contributed by atoms with Gasteiger partial charge in [-0.3, -0.25) is 14.4 Å². The topological polar surface area (TPSA) is 152 Å². The molecule has 0 aromatic heterocycles. The molecule has 9 heteroatoms. The summed E-state index contributed by atoms with van der Waals surface area (Å²) in [5.74, 6) is -0.532. The molecular weight excluding hydrogens is 384 g/mol. The van der Waals surface area contributed by atoms with E-state index in [2.05, 4.69) is 20.9 Å². The maximum Gasteiger partial charge on any atom is 0.255 e. The Morgan fingerprint density at radius 1 is 1.07 bits per heavy atom. The van der Waals surface area contributed by atoms with Gasteiger partial charge in [0.25, 0.3) is 5.91 Å². The van der Waals surface area contributed by atoms with Gasteiger partial charge < -0.3 is 27.4 Å². The first-order chi connectivity index (χ1) is 14.4. The number of anilines is 1. The second kappa shape index (κ2) is 9.55. The minimum atomic E-state index is -0.427. The first-order valence-corrected chi connectivity index (χ1v) is 9.58. The van der Waals surface area contributed by atoms with Gasteiger partial charge in [-0.05, 0) is 54.8 Å². The van der Waals surface area contributed by atoms with Crippen molar-refractivity contribution in [2.45, 2.75) is 25.3 Å². The molecule has 9 nitrogen and oxygen atoms in total. The van der Waals surface area contributed by atoms with E-state index in [4.69, 9.17) is 11.5 Å². The van der Waals surface area contributed by atoms with Crippen molar-refractivity contribution < 1.29 is 14.4 Å². The Bertz CT molecular complexity index is 950.